The quantitative estimate of drug-likeness (QED) is 0.831. The van der Waals surface area contributed by atoms with E-state index < -0.39 is 9.84 Å². The molecule has 84 valence electrons. The van der Waals surface area contributed by atoms with Crippen LogP contribution in [0.5, 0.6) is 0 Å². The van der Waals surface area contributed by atoms with Crippen LogP contribution in [0.2, 0.25) is 0 Å². The number of hydrogen-bond acceptors (Lipinski definition) is 3. The van der Waals surface area contributed by atoms with Crippen LogP contribution in [0.3, 0.4) is 0 Å². The molecule has 0 aromatic heterocycles. The molecular formula is C11H17NO2S. The Kier molecular flexibility index (Phi) is 4.29. The highest BCUT2D eigenvalue weighted by atomic mass is 32.2. The van der Waals surface area contributed by atoms with Crippen LogP contribution >= 0.6 is 0 Å². The first kappa shape index (κ1) is 12.2. The van der Waals surface area contributed by atoms with Gasteiger partial charge in [0.15, 0.2) is 9.84 Å². The molecule has 0 atom stereocenters. The van der Waals surface area contributed by atoms with E-state index in [0.29, 0.717) is 11.3 Å². The lowest BCUT2D eigenvalue weighted by molar-refractivity contribution is 0.594. The van der Waals surface area contributed by atoms with Crippen molar-refractivity contribution in [2.75, 3.05) is 12.8 Å². The molecule has 3 nitrogen and oxygen atoms in total. The predicted molar refractivity (Wildman–Crippen MR) is 61.5 cm³/mol. The highest BCUT2D eigenvalue weighted by molar-refractivity contribution is 7.91. The van der Waals surface area contributed by atoms with E-state index in [-0.39, 0.29) is 5.75 Å². The summed E-state index contributed by atoms with van der Waals surface area (Å²) in [5, 5.41) is 3.02. The van der Waals surface area contributed by atoms with Crippen molar-refractivity contribution in [1.82, 2.24) is 5.32 Å². The smallest absolute Gasteiger partial charge is 0.178 e. The number of rotatable bonds is 5. The van der Waals surface area contributed by atoms with Gasteiger partial charge in [0.2, 0.25) is 0 Å². The van der Waals surface area contributed by atoms with Gasteiger partial charge in [0.25, 0.3) is 0 Å². The highest BCUT2D eigenvalue weighted by Crippen LogP contribution is 2.13. The largest absolute Gasteiger partial charge is 0.316 e. The Morgan fingerprint density at radius 1 is 1.20 bits per heavy atom. The van der Waals surface area contributed by atoms with Crippen molar-refractivity contribution < 1.29 is 8.42 Å². The van der Waals surface area contributed by atoms with Crippen molar-refractivity contribution in [3.05, 3.63) is 29.8 Å². The normalized spacial score (nSPS) is 11.6. The SMILES string of the molecule is CCCS(=O)(=O)c1ccc(CNC)cc1. The summed E-state index contributed by atoms with van der Waals surface area (Å²) in [6, 6.07) is 7.05. The first-order chi connectivity index (χ1) is 7.10. The Morgan fingerprint density at radius 3 is 2.27 bits per heavy atom. The van der Waals surface area contributed by atoms with Gasteiger partial charge in [0.1, 0.15) is 0 Å². The van der Waals surface area contributed by atoms with Gasteiger partial charge < -0.3 is 5.32 Å². The molecule has 0 aliphatic rings. The second kappa shape index (κ2) is 5.28. The standard InChI is InChI=1S/C11H17NO2S/c1-3-8-15(13,14)11-6-4-10(5-7-11)9-12-2/h4-7,12H,3,8-9H2,1-2H3. The average Bonchev–Trinajstić information content (AvgIpc) is 2.19. The summed E-state index contributed by atoms with van der Waals surface area (Å²) in [7, 11) is -1.20. The van der Waals surface area contributed by atoms with E-state index in [9.17, 15) is 8.42 Å². The molecule has 0 heterocycles. The second-order valence-corrected chi connectivity index (χ2v) is 5.60. The van der Waals surface area contributed by atoms with Crippen LogP contribution < -0.4 is 5.32 Å². The van der Waals surface area contributed by atoms with E-state index in [1.54, 1.807) is 12.1 Å². The van der Waals surface area contributed by atoms with Crippen LogP contribution in [0, 0.1) is 0 Å². The molecule has 0 aliphatic heterocycles. The molecule has 0 unspecified atom stereocenters. The Hall–Kier alpha value is -0.870. The lowest BCUT2D eigenvalue weighted by Gasteiger charge is -2.04. The molecule has 0 spiro atoms. The van der Waals surface area contributed by atoms with Crippen LogP contribution in [-0.4, -0.2) is 21.2 Å². The van der Waals surface area contributed by atoms with Gasteiger partial charge in [-0.15, -0.1) is 0 Å². The summed E-state index contributed by atoms with van der Waals surface area (Å²) >= 11 is 0. The van der Waals surface area contributed by atoms with E-state index in [0.717, 1.165) is 12.1 Å². The van der Waals surface area contributed by atoms with Gasteiger partial charge in [-0.1, -0.05) is 19.1 Å². The van der Waals surface area contributed by atoms with Crippen LogP contribution in [0.15, 0.2) is 29.2 Å². The fourth-order valence-electron chi connectivity index (χ4n) is 1.41. The maximum absolute atomic E-state index is 11.7. The van der Waals surface area contributed by atoms with Crippen molar-refractivity contribution in [2.24, 2.45) is 0 Å². The van der Waals surface area contributed by atoms with Gasteiger partial charge >= 0.3 is 0 Å². The van der Waals surface area contributed by atoms with E-state index >= 15 is 0 Å². The summed E-state index contributed by atoms with van der Waals surface area (Å²) in [6.07, 6.45) is 0.653. The number of hydrogen-bond donors (Lipinski definition) is 1. The molecule has 1 aromatic carbocycles. The third-order valence-corrected chi connectivity index (χ3v) is 4.07. The maximum Gasteiger partial charge on any atom is 0.178 e. The van der Waals surface area contributed by atoms with Gasteiger partial charge in [-0.2, -0.15) is 0 Å². The molecule has 4 heteroatoms. The van der Waals surface area contributed by atoms with Crippen LogP contribution in [0.4, 0.5) is 0 Å². The number of nitrogens with one attached hydrogen (secondary N) is 1. The Balaban J connectivity index is 2.89. The minimum atomic E-state index is -3.06. The molecule has 0 fully saturated rings. The Bertz CT molecular complexity index is 395. The molecule has 15 heavy (non-hydrogen) atoms. The van der Waals surface area contributed by atoms with Gasteiger partial charge in [-0.3, -0.25) is 0 Å². The van der Waals surface area contributed by atoms with E-state index in [1.165, 1.54) is 0 Å². The lowest BCUT2D eigenvalue weighted by atomic mass is 10.2. The van der Waals surface area contributed by atoms with Gasteiger partial charge in [-0.25, -0.2) is 8.42 Å². The van der Waals surface area contributed by atoms with Crippen molar-refractivity contribution >= 4 is 9.84 Å². The third kappa shape index (κ3) is 3.32. The van der Waals surface area contributed by atoms with E-state index in [1.807, 2.05) is 26.1 Å². The molecule has 0 saturated heterocycles. The van der Waals surface area contributed by atoms with E-state index in [4.69, 9.17) is 0 Å². The minimum absolute atomic E-state index is 0.221. The zero-order valence-corrected chi connectivity index (χ0v) is 9.97. The van der Waals surface area contributed by atoms with Crippen LogP contribution in [0.1, 0.15) is 18.9 Å². The predicted octanol–water partition coefficient (Wildman–Crippen LogP) is 1.59. The molecule has 1 rings (SSSR count). The number of benzene rings is 1. The van der Waals surface area contributed by atoms with Gasteiger partial charge in [-0.05, 0) is 31.2 Å². The third-order valence-electron chi connectivity index (χ3n) is 2.14. The monoisotopic (exact) mass is 227 g/mol. The molecule has 1 N–H and O–H groups in total. The average molecular weight is 227 g/mol. The molecule has 0 saturated carbocycles. The maximum atomic E-state index is 11.7. The van der Waals surface area contributed by atoms with Crippen LogP contribution in [-0.2, 0) is 16.4 Å². The van der Waals surface area contributed by atoms with Crippen molar-refractivity contribution in [3.63, 3.8) is 0 Å². The van der Waals surface area contributed by atoms with Gasteiger partial charge in [0, 0.05) is 6.54 Å². The summed E-state index contributed by atoms with van der Waals surface area (Å²) < 4.78 is 23.4. The lowest BCUT2D eigenvalue weighted by Crippen LogP contribution is -2.07. The zero-order chi connectivity index (χ0) is 11.3. The fourth-order valence-corrected chi connectivity index (χ4v) is 2.73. The van der Waals surface area contributed by atoms with Crippen molar-refractivity contribution in [2.45, 2.75) is 24.8 Å². The van der Waals surface area contributed by atoms with Crippen molar-refractivity contribution in [1.29, 1.82) is 0 Å². The minimum Gasteiger partial charge on any atom is -0.316 e. The van der Waals surface area contributed by atoms with Gasteiger partial charge in [0.05, 0.1) is 10.6 Å². The first-order valence-corrected chi connectivity index (χ1v) is 6.71. The summed E-state index contributed by atoms with van der Waals surface area (Å²) in [5.74, 6) is 0.221. The Morgan fingerprint density at radius 2 is 1.80 bits per heavy atom. The second-order valence-electron chi connectivity index (χ2n) is 3.49. The highest BCUT2D eigenvalue weighted by Gasteiger charge is 2.12. The van der Waals surface area contributed by atoms with E-state index in [2.05, 4.69) is 5.32 Å². The van der Waals surface area contributed by atoms with Crippen molar-refractivity contribution in [3.8, 4) is 0 Å². The fraction of sp³-hybridized carbons (Fsp3) is 0.455. The number of sulfone groups is 1. The Labute approximate surface area is 91.4 Å². The topological polar surface area (TPSA) is 46.2 Å². The molecular weight excluding hydrogens is 210 g/mol. The molecule has 0 amide bonds. The molecule has 0 bridgehead atoms. The zero-order valence-electron chi connectivity index (χ0n) is 9.16. The summed E-state index contributed by atoms with van der Waals surface area (Å²) in [5.41, 5.74) is 1.09. The molecule has 1 aromatic rings. The molecule has 0 radical (unpaired) electrons. The molecule has 0 aliphatic carbocycles. The summed E-state index contributed by atoms with van der Waals surface area (Å²) in [6.45, 7) is 2.63. The van der Waals surface area contributed by atoms with Crippen LogP contribution in [0.25, 0.3) is 0 Å². The first-order valence-electron chi connectivity index (χ1n) is 5.06. The summed E-state index contributed by atoms with van der Waals surface area (Å²) in [4.78, 5) is 0.421.